The van der Waals surface area contributed by atoms with Crippen molar-refractivity contribution < 1.29 is 9.52 Å². The molecule has 0 saturated carbocycles. The minimum Gasteiger partial charge on any atom is -0.508 e. The van der Waals surface area contributed by atoms with Crippen LogP contribution in [0.3, 0.4) is 0 Å². The monoisotopic (exact) mass is 334 g/mol. The summed E-state index contributed by atoms with van der Waals surface area (Å²) in [6, 6.07) is 18.2. The molecule has 2 heterocycles. The Hall–Kier alpha value is -2.85. The smallest absolute Gasteiger partial charge is 0.196 e. The van der Waals surface area contributed by atoms with Gasteiger partial charge in [0.05, 0.1) is 10.3 Å². The highest BCUT2D eigenvalue weighted by Gasteiger charge is 2.18. The topological polar surface area (TPSA) is 50.4 Å². The number of fused-ring (bicyclic) bond motifs is 1. The molecule has 0 aliphatic heterocycles. The molecule has 0 unspecified atom stereocenters. The Morgan fingerprint density at radius 3 is 2.54 bits per heavy atom. The second kappa shape index (κ2) is 5.98. The van der Waals surface area contributed by atoms with Crippen LogP contribution in [0, 0.1) is 0 Å². The summed E-state index contributed by atoms with van der Waals surface area (Å²) in [7, 11) is 0. The number of aromatic hydroxyl groups is 1. The fourth-order valence-electron chi connectivity index (χ4n) is 2.80. The van der Waals surface area contributed by atoms with Crippen LogP contribution in [0.25, 0.3) is 21.6 Å². The maximum Gasteiger partial charge on any atom is 0.196 e. The van der Waals surface area contributed by atoms with Crippen molar-refractivity contribution >= 4 is 22.3 Å². The second-order valence-corrected chi connectivity index (χ2v) is 6.47. The molecule has 0 saturated heterocycles. The van der Waals surface area contributed by atoms with Gasteiger partial charge in [0, 0.05) is 12.0 Å². The number of thiophene rings is 1. The molecule has 118 valence electrons. The minimum atomic E-state index is -0.0523. The Bertz CT molecular complexity index is 1060. The highest BCUT2D eigenvalue weighted by molar-refractivity contribution is 7.13. The van der Waals surface area contributed by atoms with Crippen LogP contribution in [0.15, 0.2) is 75.3 Å². The zero-order chi connectivity index (χ0) is 16.5. The minimum absolute atomic E-state index is 0.0523. The molecule has 0 amide bonds. The Morgan fingerprint density at radius 2 is 1.75 bits per heavy atom. The van der Waals surface area contributed by atoms with E-state index in [1.165, 1.54) is 11.3 Å². The van der Waals surface area contributed by atoms with Gasteiger partial charge in [-0.05, 0) is 35.2 Å². The lowest BCUT2D eigenvalue weighted by Gasteiger charge is -2.10. The van der Waals surface area contributed by atoms with Gasteiger partial charge in [-0.25, -0.2) is 0 Å². The van der Waals surface area contributed by atoms with E-state index in [1.54, 1.807) is 24.3 Å². The molecule has 4 rings (SSSR count). The fraction of sp³-hybridized carbons (Fsp3) is 0.0500. The second-order valence-electron chi connectivity index (χ2n) is 5.52. The molecule has 1 N–H and O–H groups in total. The molecule has 2 aromatic heterocycles. The maximum atomic E-state index is 13.0. The van der Waals surface area contributed by atoms with Crippen molar-refractivity contribution in [1.29, 1.82) is 0 Å². The number of hydrogen-bond donors (Lipinski definition) is 1. The molecule has 4 aromatic rings. The lowest BCUT2D eigenvalue weighted by atomic mass is 10.0. The van der Waals surface area contributed by atoms with Gasteiger partial charge in [-0.3, -0.25) is 4.79 Å². The van der Waals surface area contributed by atoms with Gasteiger partial charge in [-0.15, -0.1) is 11.3 Å². The summed E-state index contributed by atoms with van der Waals surface area (Å²) in [4.78, 5) is 13.9. The van der Waals surface area contributed by atoms with Gasteiger partial charge in [0.1, 0.15) is 11.3 Å². The van der Waals surface area contributed by atoms with E-state index in [1.807, 2.05) is 41.8 Å². The highest BCUT2D eigenvalue weighted by atomic mass is 32.1. The quantitative estimate of drug-likeness (QED) is 0.584. The van der Waals surface area contributed by atoms with Crippen molar-refractivity contribution in [3.8, 4) is 16.4 Å². The molecule has 0 aliphatic rings. The number of rotatable bonds is 3. The number of phenolic OH excluding ortho intramolecular Hbond substituents is 1. The van der Waals surface area contributed by atoms with Crippen LogP contribution in [0.4, 0.5) is 0 Å². The molecule has 0 atom stereocenters. The van der Waals surface area contributed by atoms with Gasteiger partial charge in [0.25, 0.3) is 0 Å². The Kier molecular flexibility index (Phi) is 3.67. The van der Waals surface area contributed by atoms with Gasteiger partial charge >= 0.3 is 0 Å². The molecule has 4 heteroatoms. The van der Waals surface area contributed by atoms with Crippen LogP contribution >= 0.6 is 11.3 Å². The van der Waals surface area contributed by atoms with E-state index >= 15 is 0 Å². The molecule has 3 nitrogen and oxygen atoms in total. The van der Waals surface area contributed by atoms with Crippen LogP contribution in [0.1, 0.15) is 11.1 Å². The average molecular weight is 334 g/mol. The van der Waals surface area contributed by atoms with Gasteiger partial charge in [-0.2, -0.15) is 0 Å². The Balaban J connectivity index is 1.98. The zero-order valence-electron chi connectivity index (χ0n) is 12.7. The van der Waals surface area contributed by atoms with Gasteiger partial charge in [0.2, 0.25) is 0 Å². The van der Waals surface area contributed by atoms with E-state index in [4.69, 9.17) is 4.42 Å². The van der Waals surface area contributed by atoms with Crippen LogP contribution in [0.5, 0.6) is 5.75 Å². The van der Waals surface area contributed by atoms with Gasteiger partial charge < -0.3 is 9.52 Å². The van der Waals surface area contributed by atoms with Crippen LogP contribution in [-0.2, 0) is 6.42 Å². The first-order valence-electron chi connectivity index (χ1n) is 7.59. The largest absolute Gasteiger partial charge is 0.508 e. The van der Waals surface area contributed by atoms with Crippen molar-refractivity contribution in [3.05, 3.63) is 87.4 Å². The lowest BCUT2D eigenvalue weighted by Crippen LogP contribution is -2.11. The summed E-state index contributed by atoms with van der Waals surface area (Å²) < 4.78 is 6.06. The van der Waals surface area contributed by atoms with E-state index in [0.717, 1.165) is 4.88 Å². The molecule has 0 spiro atoms. The van der Waals surface area contributed by atoms with Crippen molar-refractivity contribution in [3.63, 3.8) is 0 Å². The standard InChI is InChI=1S/C20H14O3S/c21-16-8-3-1-6-13(16)12-15-19(22)14-7-2-4-9-17(14)23-20(15)18-10-5-11-24-18/h1-11,21H,12H2. The third kappa shape index (κ3) is 2.51. The molecule has 0 radical (unpaired) electrons. The van der Waals surface area contributed by atoms with Crippen LogP contribution in [0.2, 0.25) is 0 Å². The Morgan fingerprint density at radius 1 is 0.958 bits per heavy atom. The van der Waals surface area contributed by atoms with E-state index in [2.05, 4.69) is 0 Å². The van der Waals surface area contributed by atoms with E-state index < -0.39 is 0 Å². The summed E-state index contributed by atoms with van der Waals surface area (Å²) in [6.07, 6.45) is 0.326. The molecule has 0 bridgehead atoms. The fourth-order valence-corrected chi connectivity index (χ4v) is 3.53. The van der Waals surface area contributed by atoms with Gasteiger partial charge in [-0.1, -0.05) is 36.4 Å². The Labute approximate surface area is 142 Å². The highest BCUT2D eigenvalue weighted by Crippen LogP contribution is 2.31. The molecular weight excluding hydrogens is 320 g/mol. The number of benzene rings is 2. The summed E-state index contributed by atoms with van der Waals surface area (Å²) >= 11 is 1.53. The van der Waals surface area contributed by atoms with E-state index in [0.29, 0.717) is 34.3 Å². The first kappa shape index (κ1) is 14.7. The summed E-state index contributed by atoms with van der Waals surface area (Å²) in [6.45, 7) is 0. The molecule has 0 fully saturated rings. The third-order valence-corrected chi connectivity index (χ3v) is 4.86. The SMILES string of the molecule is O=c1c(Cc2ccccc2O)c(-c2cccs2)oc2ccccc12. The maximum absolute atomic E-state index is 13.0. The molecule has 0 aliphatic carbocycles. The predicted octanol–water partition coefficient (Wildman–Crippen LogP) is 4.82. The van der Waals surface area contributed by atoms with E-state index in [-0.39, 0.29) is 11.2 Å². The lowest BCUT2D eigenvalue weighted by molar-refractivity contribution is 0.469. The summed E-state index contributed by atoms with van der Waals surface area (Å²) in [5.74, 6) is 0.763. The molecule has 24 heavy (non-hydrogen) atoms. The predicted molar refractivity (Wildman–Crippen MR) is 96.7 cm³/mol. The first-order valence-corrected chi connectivity index (χ1v) is 8.47. The number of phenols is 1. The van der Waals surface area contributed by atoms with Crippen molar-refractivity contribution in [2.75, 3.05) is 0 Å². The van der Waals surface area contributed by atoms with Gasteiger partial charge in [0.15, 0.2) is 11.2 Å². The molecular formula is C20H14O3S. The average Bonchev–Trinajstić information content (AvgIpc) is 3.13. The van der Waals surface area contributed by atoms with Crippen molar-refractivity contribution in [2.45, 2.75) is 6.42 Å². The van der Waals surface area contributed by atoms with Crippen molar-refractivity contribution in [2.24, 2.45) is 0 Å². The zero-order valence-corrected chi connectivity index (χ0v) is 13.5. The number of para-hydroxylation sites is 2. The summed E-state index contributed by atoms with van der Waals surface area (Å²) in [5, 5.41) is 12.6. The number of hydrogen-bond acceptors (Lipinski definition) is 4. The summed E-state index contributed by atoms with van der Waals surface area (Å²) in [5.41, 5.74) is 1.80. The first-order chi connectivity index (χ1) is 11.7. The normalized spacial score (nSPS) is 11.0. The van der Waals surface area contributed by atoms with Crippen LogP contribution < -0.4 is 5.43 Å². The van der Waals surface area contributed by atoms with Crippen LogP contribution in [-0.4, -0.2) is 5.11 Å². The van der Waals surface area contributed by atoms with Crippen molar-refractivity contribution in [1.82, 2.24) is 0 Å². The third-order valence-electron chi connectivity index (χ3n) is 4.00. The van der Waals surface area contributed by atoms with E-state index in [9.17, 15) is 9.90 Å². The molecule has 2 aromatic carbocycles.